The molecule has 4 nitrogen and oxygen atoms in total. The zero-order chi connectivity index (χ0) is 15.5. The first-order valence-corrected chi connectivity index (χ1v) is 8.46. The Kier molecular flexibility index (Phi) is 4.65. The molecule has 1 N–H and O–H groups in total. The van der Waals surface area contributed by atoms with Gasteiger partial charge >= 0.3 is 0 Å². The molecule has 0 heterocycles. The van der Waals surface area contributed by atoms with E-state index in [9.17, 15) is 8.42 Å². The molecule has 0 aliphatic carbocycles. The fourth-order valence-corrected chi connectivity index (χ4v) is 2.86. The molecule has 2 aromatic rings. The van der Waals surface area contributed by atoms with E-state index >= 15 is 0 Å². The Balaban J connectivity index is 2.32. The van der Waals surface area contributed by atoms with Crippen molar-refractivity contribution in [3.8, 4) is 5.75 Å². The van der Waals surface area contributed by atoms with E-state index in [1.807, 2.05) is 43.4 Å². The quantitative estimate of drug-likeness (QED) is 0.921. The van der Waals surface area contributed by atoms with E-state index in [1.165, 1.54) is 6.26 Å². The summed E-state index contributed by atoms with van der Waals surface area (Å²) < 4.78 is 28.1. The van der Waals surface area contributed by atoms with Crippen LogP contribution in [0.3, 0.4) is 0 Å². The normalized spacial score (nSPS) is 12.9. The summed E-state index contributed by atoms with van der Waals surface area (Å²) in [4.78, 5) is 0.329. The van der Waals surface area contributed by atoms with E-state index in [1.54, 1.807) is 19.2 Å². The third kappa shape index (κ3) is 3.62. The first kappa shape index (κ1) is 15.5. The van der Waals surface area contributed by atoms with Crippen molar-refractivity contribution >= 4 is 9.84 Å². The summed E-state index contributed by atoms with van der Waals surface area (Å²) >= 11 is 0. The van der Waals surface area contributed by atoms with Crippen molar-refractivity contribution in [1.29, 1.82) is 0 Å². The molecular formula is C16H19NO3S. The highest BCUT2D eigenvalue weighted by atomic mass is 32.2. The number of rotatable bonds is 5. The van der Waals surface area contributed by atoms with Crippen LogP contribution in [0.5, 0.6) is 5.75 Å². The molecule has 0 saturated carbocycles. The first-order valence-electron chi connectivity index (χ1n) is 6.57. The number of methoxy groups -OCH3 is 1. The largest absolute Gasteiger partial charge is 0.497 e. The molecule has 112 valence electrons. The van der Waals surface area contributed by atoms with Crippen LogP contribution < -0.4 is 10.1 Å². The molecule has 2 rings (SSSR count). The van der Waals surface area contributed by atoms with E-state index < -0.39 is 9.84 Å². The van der Waals surface area contributed by atoms with Crippen LogP contribution in [0, 0.1) is 0 Å². The molecule has 0 saturated heterocycles. The van der Waals surface area contributed by atoms with Gasteiger partial charge < -0.3 is 10.1 Å². The van der Waals surface area contributed by atoms with Gasteiger partial charge in [-0.05, 0) is 42.4 Å². The van der Waals surface area contributed by atoms with E-state index in [0.29, 0.717) is 4.90 Å². The second-order valence-corrected chi connectivity index (χ2v) is 6.85. The summed E-state index contributed by atoms with van der Waals surface area (Å²) in [5, 5.41) is 3.24. The Morgan fingerprint density at radius 1 is 0.952 bits per heavy atom. The number of ether oxygens (including phenoxy) is 1. The maximum absolute atomic E-state index is 11.5. The van der Waals surface area contributed by atoms with Gasteiger partial charge in [0, 0.05) is 6.26 Å². The number of hydrogen-bond donors (Lipinski definition) is 1. The van der Waals surface area contributed by atoms with Crippen LogP contribution in [-0.2, 0) is 9.84 Å². The lowest BCUT2D eigenvalue weighted by atomic mass is 9.99. The van der Waals surface area contributed by atoms with Crippen molar-refractivity contribution in [2.45, 2.75) is 10.9 Å². The van der Waals surface area contributed by atoms with E-state index in [-0.39, 0.29) is 6.04 Å². The van der Waals surface area contributed by atoms with Crippen LogP contribution in [0.4, 0.5) is 0 Å². The zero-order valence-electron chi connectivity index (χ0n) is 12.3. The van der Waals surface area contributed by atoms with Gasteiger partial charge in [-0.25, -0.2) is 8.42 Å². The van der Waals surface area contributed by atoms with Crippen molar-refractivity contribution in [3.05, 3.63) is 59.7 Å². The van der Waals surface area contributed by atoms with E-state index in [2.05, 4.69) is 5.32 Å². The Labute approximate surface area is 125 Å². The summed E-state index contributed by atoms with van der Waals surface area (Å²) in [5.74, 6) is 0.807. The second-order valence-electron chi connectivity index (χ2n) is 4.84. The Hall–Kier alpha value is -1.85. The zero-order valence-corrected chi connectivity index (χ0v) is 13.1. The molecule has 1 atom stereocenters. The average molecular weight is 305 g/mol. The lowest BCUT2D eigenvalue weighted by molar-refractivity contribution is 0.414. The molecule has 21 heavy (non-hydrogen) atoms. The van der Waals surface area contributed by atoms with E-state index in [4.69, 9.17) is 4.74 Å². The van der Waals surface area contributed by atoms with Crippen LogP contribution in [0.25, 0.3) is 0 Å². The third-order valence-electron chi connectivity index (χ3n) is 3.38. The van der Waals surface area contributed by atoms with Crippen molar-refractivity contribution in [2.75, 3.05) is 20.4 Å². The molecule has 0 aliphatic heterocycles. The maximum Gasteiger partial charge on any atom is 0.175 e. The minimum Gasteiger partial charge on any atom is -0.497 e. The minimum absolute atomic E-state index is 0.00418. The third-order valence-corrected chi connectivity index (χ3v) is 4.51. The van der Waals surface area contributed by atoms with Crippen molar-refractivity contribution in [2.24, 2.45) is 0 Å². The molecule has 1 unspecified atom stereocenters. The van der Waals surface area contributed by atoms with E-state index in [0.717, 1.165) is 16.9 Å². The smallest absolute Gasteiger partial charge is 0.175 e. The summed E-state index contributed by atoms with van der Waals surface area (Å²) in [5.41, 5.74) is 2.10. The highest BCUT2D eigenvalue weighted by molar-refractivity contribution is 7.90. The second kappa shape index (κ2) is 6.28. The fourth-order valence-electron chi connectivity index (χ4n) is 2.23. The summed E-state index contributed by atoms with van der Waals surface area (Å²) in [6, 6.07) is 14.7. The van der Waals surface area contributed by atoms with Crippen LogP contribution in [0.2, 0.25) is 0 Å². The van der Waals surface area contributed by atoms with Gasteiger partial charge in [-0.3, -0.25) is 0 Å². The molecule has 0 aromatic heterocycles. The minimum atomic E-state index is -3.16. The molecule has 0 aliphatic rings. The van der Waals surface area contributed by atoms with Gasteiger partial charge in [0.15, 0.2) is 9.84 Å². The number of nitrogens with one attached hydrogen (secondary N) is 1. The van der Waals surface area contributed by atoms with Gasteiger partial charge in [-0.15, -0.1) is 0 Å². The monoisotopic (exact) mass is 305 g/mol. The fraction of sp³-hybridized carbons (Fsp3) is 0.250. The van der Waals surface area contributed by atoms with Crippen molar-refractivity contribution in [1.82, 2.24) is 5.32 Å². The molecule has 0 fully saturated rings. The highest BCUT2D eigenvalue weighted by Crippen LogP contribution is 2.24. The summed E-state index contributed by atoms with van der Waals surface area (Å²) in [6.45, 7) is 0. The number of benzene rings is 2. The highest BCUT2D eigenvalue weighted by Gasteiger charge is 2.13. The van der Waals surface area contributed by atoms with Crippen LogP contribution in [0.1, 0.15) is 17.2 Å². The van der Waals surface area contributed by atoms with Gasteiger partial charge in [-0.2, -0.15) is 0 Å². The topological polar surface area (TPSA) is 55.4 Å². The Bertz CT molecular complexity index is 691. The SMILES string of the molecule is CNC(c1ccc(OC)cc1)c1ccc(S(C)(=O)=O)cc1. The van der Waals surface area contributed by atoms with Gasteiger partial charge in [0.2, 0.25) is 0 Å². The predicted octanol–water partition coefficient (Wildman–Crippen LogP) is 2.41. The predicted molar refractivity (Wildman–Crippen MR) is 83.4 cm³/mol. The summed E-state index contributed by atoms with van der Waals surface area (Å²) in [7, 11) is 0.345. The van der Waals surface area contributed by atoms with Crippen LogP contribution >= 0.6 is 0 Å². The van der Waals surface area contributed by atoms with Gasteiger partial charge in [0.1, 0.15) is 5.75 Å². The van der Waals surface area contributed by atoms with Gasteiger partial charge in [0.25, 0.3) is 0 Å². The Morgan fingerprint density at radius 2 is 1.43 bits per heavy atom. The van der Waals surface area contributed by atoms with Crippen LogP contribution in [-0.4, -0.2) is 28.8 Å². The Morgan fingerprint density at radius 3 is 1.81 bits per heavy atom. The molecular weight excluding hydrogens is 286 g/mol. The summed E-state index contributed by atoms with van der Waals surface area (Å²) in [6.07, 6.45) is 1.21. The van der Waals surface area contributed by atoms with Gasteiger partial charge in [-0.1, -0.05) is 24.3 Å². The number of sulfone groups is 1. The maximum atomic E-state index is 11.5. The number of hydrogen-bond acceptors (Lipinski definition) is 4. The first-order chi connectivity index (χ1) is 9.95. The molecule has 0 bridgehead atoms. The lowest BCUT2D eigenvalue weighted by Gasteiger charge is -2.18. The molecule has 0 amide bonds. The van der Waals surface area contributed by atoms with Crippen LogP contribution in [0.15, 0.2) is 53.4 Å². The van der Waals surface area contributed by atoms with Crippen molar-refractivity contribution < 1.29 is 13.2 Å². The molecule has 0 spiro atoms. The standard InChI is InChI=1S/C16H19NO3S/c1-17-16(12-4-8-14(20-2)9-5-12)13-6-10-15(11-7-13)21(3,18)19/h4-11,16-17H,1-3H3. The lowest BCUT2D eigenvalue weighted by Crippen LogP contribution is -2.17. The molecule has 5 heteroatoms. The van der Waals surface area contributed by atoms with Crippen molar-refractivity contribution in [3.63, 3.8) is 0 Å². The van der Waals surface area contributed by atoms with Gasteiger partial charge in [0.05, 0.1) is 18.0 Å². The molecule has 0 radical (unpaired) electrons. The molecule has 2 aromatic carbocycles. The average Bonchev–Trinajstić information content (AvgIpc) is 2.48.